The van der Waals surface area contributed by atoms with Crippen molar-refractivity contribution in [3.05, 3.63) is 64.2 Å². The summed E-state index contributed by atoms with van der Waals surface area (Å²) in [7, 11) is 0. The van der Waals surface area contributed by atoms with Crippen LogP contribution in [0.25, 0.3) is 16.6 Å². The average molecular weight is 298 g/mol. The largest absolute Gasteiger partial charge is 0.322 e. The van der Waals surface area contributed by atoms with Crippen LogP contribution in [-0.2, 0) is 0 Å². The van der Waals surface area contributed by atoms with E-state index in [0.29, 0.717) is 22.4 Å². The second kappa shape index (κ2) is 5.31. The van der Waals surface area contributed by atoms with Gasteiger partial charge in [-0.2, -0.15) is 0 Å². The topological polar surface area (TPSA) is 73.8 Å². The first-order chi connectivity index (χ1) is 10.5. The molecule has 1 atom stereocenters. The number of fused-ring (bicyclic) bond motifs is 1. The fourth-order valence-electron chi connectivity index (χ4n) is 2.49. The molecule has 1 aromatic carbocycles. The Balaban J connectivity index is 2.46. The van der Waals surface area contributed by atoms with Gasteiger partial charge < -0.3 is 5.73 Å². The SMILES string of the molecule is Cc1cccc2nc(C(C)N)n(-c3cncc(F)c3)c(=O)c12. The van der Waals surface area contributed by atoms with Crippen LogP contribution in [0.2, 0.25) is 0 Å². The molecule has 0 aliphatic heterocycles. The molecule has 3 rings (SSSR count). The van der Waals surface area contributed by atoms with E-state index in [0.717, 1.165) is 11.8 Å². The third-order valence-electron chi connectivity index (χ3n) is 3.49. The molecule has 1 unspecified atom stereocenters. The molecule has 3 aromatic rings. The lowest BCUT2D eigenvalue weighted by Gasteiger charge is -2.16. The molecule has 112 valence electrons. The summed E-state index contributed by atoms with van der Waals surface area (Å²) in [4.78, 5) is 21.2. The molecule has 0 fully saturated rings. The van der Waals surface area contributed by atoms with Gasteiger partial charge in [0, 0.05) is 6.07 Å². The Kier molecular flexibility index (Phi) is 3.46. The average Bonchev–Trinajstić information content (AvgIpc) is 2.46. The number of aryl methyl sites for hydroxylation is 1. The van der Waals surface area contributed by atoms with Gasteiger partial charge >= 0.3 is 0 Å². The number of nitrogens with zero attached hydrogens (tertiary/aromatic N) is 3. The quantitative estimate of drug-likeness (QED) is 0.787. The zero-order chi connectivity index (χ0) is 15.9. The van der Waals surface area contributed by atoms with E-state index >= 15 is 0 Å². The lowest BCUT2D eigenvalue weighted by molar-refractivity contribution is 0.616. The predicted molar refractivity (Wildman–Crippen MR) is 82.4 cm³/mol. The minimum Gasteiger partial charge on any atom is -0.322 e. The molecule has 0 amide bonds. The van der Waals surface area contributed by atoms with Crippen LogP contribution >= 0.6 is 0 Å². The van der Waals surface area contributed by atoms with Gasteiger partial charge in [0.05, 0.1) is 35.0 Å². The highest BCUT2D eigenvalue weighted by Gasteiger charge is 2.17. The van der Waals surface area contributed by atoms with Gasteiger partial charge in [0.1, 0.15) is 11.6 Å². The van der Waals surface area contributed by atoms with E-state index in [1.165, 1.54) is 16.8 Å². The van der Waals surface area contributed by atoms with Crippen LogP contribution in [0.5, 0.6) is 0 Å². The molecule has 0 aliphatic rings. The molecule has 0 saturated carbocycles. The summed E-state index contributed by atoms with van der Waals surface area (Å²) >= 11 is 0. The van der Waals surface area contributed by atoms with Crippen LogP contribution in [-0.4, -0.2) is 14.5 Å². The lowest BCUT2D eigenvalue weighted by Crippen LogP contribution is -2.28. The van der Waals surface area contributed by atoms with Crippen molar-refractivity contribution in [2.24, 2.45) is 5.73 Å². The maximum atomic E-state index is 13.5. The van der Waals surface area contributed by atoms with E-state index in [4.69, 9.17) is 5.73 Å². The number of hydrogen-bond acceptors (Lipinski definition) is 4. The number of pyridine rings is 1. The summed E-state index contributed by atoms with van der Waals surface area (Å²) < 4.78 is 14.8. The highest BCUT2D eigenvalue weighted by atomic mass is 19.1. The minimum atomic E-state index is -0.523. The second-order valence-corrected chi connectivity index (χ2v) is 5.23. The van der Waals surface area contributed by atoms with Crippen molar-refractivity contribution in [1.29, 1.82) is 0 Å². The maximum Gasteiger partial charge on any atom is 0.266 e. The molecule has 0 saturated heterocycles. The van der Waals surface area contributed by atoms with Gasteiger partial charge in [-0.25, -0.2) is 9.37 Å². The molecule has 2 N–H and O–H groups in total. The van der Waals surface area contributed by atoms with Crippen LogP contribution in [0.3, 0.4) is 0 Å². The fourth-order valence-corrected chi connectivity index (χ4v) is 2.49. The molecular formula is C16H15FN4O. The molecule has 5 nitrogen and oxygen atoms in total. The Labute approximate surface area is 126 Å². The zero-order valence-electron chi connectivity index (χ0n) is 12.2. The highest BCUT2D eigenvalue weighted by molar-refractivity contribution is 5.81. The van der Waals surface area contributed by atoms with Gasteiger partial charge in [-0.15, -0.1) is 0 Å². The molecule has 0 spiro atoms. The summed E-state index contributed by atoms with van der Waals surface area (Å²) in [5, 5.41) is 0.496. The van der Waals surface area contributed by atoms with Crippen molar-refractivity contribution >= 4 is 10.9 Å². The first-order valence-electron chi connectivity index (χ1n) is 6.88. The van der Waals surface area contributed by atoms with E-state index in [1.54, 1.807) is 13.0 Å². The molecule has 0 radical (unpaired) electrons. The van der Waals surface area contributed by atoms with Crippen molar-refractivity contribution in [2.75, 3.05) is 0 Å². The van der Waals surface area contributed by atoms with E-state index in [1.807, 2.05) is 19.1 Å². The minimum absolute atomic E-state index is 0.275. The van der Waals surface area contributed by atoms with Crippen LogP contribution in [0.15, 0.2) is 41.5 Å². The third-order valence-corrected chi connectivity index (χ3v) is 3.49. The number of hydrogen-bond donors (Lipinski definition) is 1. The predicted octanol–water partition coefficient (Wildman–Crippen LogP) is 2.25. The van der Waals surface area contributed by atoms with Gasteiger partial charge in [0.25, 0.3) is 5.56 Å². The summed E-state index contributed by atoms with van der Waals surface area (Å²) in [5.74, 6) is -0.152. The number of rotatable bonds is 2. The molecule has 6 heteroatoms. The smallest absolute Gasteiger partial charge is 0.266 e. The summed E-state index contributed by atoms with van der Waals surface area (Å²) in [6.45, 7) is 3.57. The fraction of sp³-hybridized carbons (Fsp3) is 0.188. The Bertz CT molecular complexity index is 918. The Morgan fingerprint density at radius 1 is 1.32 bits per heavy atom. The normalized spacial score (nSPS) is 12.5. The van der Waals surface area contributed by atoms with Gasteiger partial charge in [-0.3, -0.25) is 14.3 Å². The molecular weight excluding hydrogens is 283 g/mol. The number of aromatic nitrogens is 3. The van der Waals surface area contributed by atoms with Crippen molar-refractivity contribution in [3.8, 4) is 5.69 Å². The van der Waals surface area contributed by atoms with E-state index in [2.05, 4.69) is 9.97 Å². The van der Waals surface area contributed by atoms with Crippen molar-refractivity contribution in [3.63, 3.8) is 0 Å². The van der Waals surface area contributed by atoms with E-state index in [9.17, 15) is 9.18 Å². The third kappa shape index (κ3) is 2.27. The first-order valence-corrected chi connectivity index (χ1v) is 6.88. The molecule has 2 heterocycles. The molecule has 2 aromatic heterocycles. The summed E-state index contributed by atoms with van der Waals surface area (Å²) in [5.41, 5.74) is 7.38. The molecule has 22 heavy (non-hydrogen) atoms. The summed E-state index contributed by atoms with van der Waals surface area (Å²) in [6, 6.07) is 6.20. The van der Waals surface area contributed by atoms with E-state index < -0.39 is 11.9 Å². The number of halogens is 1. The zero-order valence-corrected chi connectivity index (χ0v) is 12.2. The van der Waals surface area contributed by atoms with Gasteiger partial charge in [0.2, 0.25) is 0 Å². The number of nitrogens with two attached hydrogens (primary N) is 1. The van der Waals surface area contributed by atoms with Gasteiger partial charge in [0.15, 0.2) is 0 Å². The van der Waals surface area contributed by atoms with E-state index in [-0.39, 0.29) is 5.56 Å². The standard InChI is InChI=1S/C16H15FN4O/c1-9-4-3-5-13-14(9)16(22)21(15(20-13)10(2)18)12-6-11(17)7-19-8-12/h3-8,10H,18H2,1-2H3. The lowest BCUT2D eigenvalue weighted by atomic mass is 10.1. The van der Waals surface area contributed by atoms with Crippen molar-refractivity contribution in [1.82, 2.24) is 14.5 Å². The monoisotopic (exact) mass is 298 g/mol. The van der Waals surface area contributed by atoms with Gasteiger partial charge in [-0.1, -0.05) is 12.1 Å². The summed E-state index contributed by atoms with van der Waals surface area (Å²) in [6.07, 6.45) is 2.50. The highest BCUT2D eigenvalue weighted by Crippen LogP contribution is 2.18. The van der Waals surface area contributed by atoms with Crippen LogP contribution in [0.1, 0.15) is 24.4 Å². The molecule has 0 aliphatic carbocycles. The van der Waals surface area contributed by atoms with Crippen molar-refractivity contribution in [2.45, 2.75) is 19.9 Å². The Hall–Kier alpha value is -2.60. The van der Waals surface area contributed by atoms with Crippen molar-refractivity contribution < 1.29 is 4.39 Å². The maximum absolute atomic E-state index is 13.5. The second-order valence-electron chi connectivity index (χ2n) is 5.23. The Morgan fingerprint density at radius 2 is 2.09 bits per heavy atom. The number of benzene rings is 1. The van der Waals surface area contributed by atoms with Gasteiger partial charge in [-0.05, 0) is 25.5 Å². The van der Waals surface area contributed by atoms with Crippen LogP contribution in [0, 0.1) is 12.7 Å². The van der Waals surface area contributed by atoms with Crippen LogP contribution in [0.4, 0.5) is 4.39 Å². The molecule has 0 bridgehead atoms. The Morgan fingerprint density at radius 3 is 2.77 bits per heavy atom. The first kappa shape index (κ1) is 14.3. The van der Waals surface area contributed by atoms with Crippen LogP contribution < -0.4 is 11.3 Å².